The normalized spacial score (nSPS) is 24.7. The Hall–Kier alpha value is -2.78. The van der Waals surface area contributed by atoms with Crippen molar-refractivity contribution in [2.45, 2.75) is 45.7 Å². The Balaban J connectivity index is 2.01. The minimum Gasteiger partial charge on any atom is -0.467 e. The number of carbonyl (C=O) groups excluding carboxylic acids is 3. The van der Waals surface area contributed by atoms with Gasteiger partial charge in [-0.05, 0) is 20.3 Å². The molecule has 0 aromatic heterocycles. The van der Waals surface area contributed by atoms with Gasteiger partial charge in [-0.15, -0.1) is 10.1 Å². The average molecular weight is 377 g/mol. The molecule has 3 aliphatic rings. The largest absolute Gasteiger partial charge is 0.467 e. The number of carbonyl (C=O) groups is 3. The summed E-state index contributed by atoms with van der Waals surface area (Å²) in [6.07, 6.45) is 1.62. The molecule has 0 saturated carbocycles. The maximum atomic E-state index is 13.2. The third-order valence-corrected chi connectivity index (χ3v) is 5.10. The van der Waals surface area contributed by atoms with Gasteiger partial charge in [-0.3, -0.25) is 14.6 Å². The van der Waals surface area contributed by atoms with Crippen molar-refractivity contribution >= 4 is 35.4 Å². The molecule has 10 nitrogen and oxygen atoms in total. The number of amides is 3. The lowest BCUT2D eigenvalue weighted by molar-refractivity contribution is -0.559. The molecule has 27 heavy (non-hydrogen) atoms. The van der Waals surface area contributed by atoms with Gasteiger partial charge in [0.25, 0.3) is 5.91 Å². The molecule has 2 atom stereocenters. The Bertz CT molecular complexity index is 786. The van der Waals surface area contributed by atoms with E-state index in [-0.39, 0.29) is 24.5 Å². The van der Waals surface area contributed by atoms with Crippen LogP contribution in [0, 0.1) is 0 Å². The Morgan fingerprint density at radius 3 is 2.67 bits per heavy atom. The molecule has 0 aliphatic carbocycles. The van der Waals surface area contributed by atoms with E-state index in [1.165, 1.54) is 21.9 Å². The highest BCUT2D eigenvalue weighted by Crippen LogP contribution is 2.25. The van der Waals surface area contributed by atoms with Crippen molar-refractivity contribution in [3.05, 3.63) is 0 Å². The minimum atomic E-state index is -0.708. The summed E-state index contributed by atoms with van der Waals surface area (Å²) in [6.45, 7) is 6.02. The smallest absolute Gasteiger partial charge is 0.417 e. The van der Waals surface area contributed by atoms with Gasteiger partial charge in [-0.25, -0.2) is 14.2 Å². The number of aliphatic imine (C=N–C) groups is 1. The van der Waals surface area contributed by atoms with Crippen LogP contribution < -0.4 is 0 Å². The number of imide groups is 1. The zero-order chi connectivity index (χ0) is 19.9. The maximum absolute atomic E-state index is 13.2. The van der Waals surface area contributed by atoms with E-state index in [9.17, 15) is 14.4 Å². The molecular weight excluding hydrogens is 352 g/mol. The van der Waals surface area contributed by atoms with E-state index >= 15 is 0 Å². The molecular formula is C17H25N6O4+. The first-order chi connectivity index (χ1) is 12.8. The zero-order valence-corrected chi connectivity index (χ0v) is 16.3. The highest BCUT2D eigenvalue weighted by molar-refractivity contribution is 6.23. The van der Waals surface area contributed by atoms with Gasteiger partial charge in [0, 0.05) is 13.6 Å². The van der Waals surface area contributed by atoms with Crippen LogP contribution in [0.1, 0.15) is 33.6 Å². The van der Waals surface area contributed by atoms with Crippen LogP contribution in [0.4, 0.5) is 4.79 Å². The zero-order valence-electron chi connectivity index (χ0n) is 16.3. The second-order valence-corrected chi connectivity index (χ2v) is 6.82. The van der Waals surface area contributed by atoms with Gasteiger partial charge >= 0.3 is 18.0 Å². The highest BCUT2D eigenvalue weighted by Gasteiger charge is 2.56. The van der Waals surface area contributed by atoms with Crippen molar-refractivity contribution in [3.63, 3.8) is 0 Å². The Morgan fingerprint density at radius 2 is 2.04 bits per heavy atom. The average Bonchev–Trinajstić information content (AvgIpc) is 3.05. The van der Waals surface area contributed by atoms with Gasteiger partial charge in [-0.2, -0.15) is 0 Å². The lowest BCUT2D eigenvalue weighted by Gasteiger charge is -2.35. The van der Waals surface area contributed by atoms with Crippen LogP contribution in [0.15, 0.2) is 10.1 Å². The van der Waals surface area contributed by atoms with Gasteiger partial charge in [0.1, 0.15) is 6.04 Å². The molecule has 0 aromatic rings. The van der Waals surface area contributed by atoms with Crippen LogP contribution in [0.3, 0.4) is 0 Å². The molecule has 0 spiro atoms. The summed E-state index contributed by atoms with van der Waals surface area (Å²) in [5.74, 6) is -0.0213. The van der Waals surface area contributed by atoms with E-state index in [0.717, 1.165) is 18.6 Å². The van der Waals surface area contributed by atoms with Crippen LogP contribution in [-0.4, -0.2) is 94.1 Å². The van der Waals surface area contributed by atoms with E-state index < -0.39 is 12.0 Å². The van der Waals surface area contributed by atoms with E-state index in [2.05, 4.69) is 10.1 Å². The van der Waals surface area contributed by atoms with Gasteiger partial charge in [0.15, 0.2) is 6.54 Å². The number of likely N-dealkylation sites (N-methyl/N-ethyl adjacent to an activating group) is 1. The van der Waals surface area contributed by atoms with Crippen molar-refractivity contribution in [2.75, 3.05) is 27.2 Å². The van der Waals surface area contributed by atoms with Gasteiger partial charge < -0.3 is 4.74 Å². The molecule has 0 aromatic carbocycles. The molecule has 0 bridgehead atoms. The molecule has 3 aliphatic heterocycles. The van der Waals surface area contributed by atoms with E-state index in [0.29, 0.717) is 18.3 Å². The van der Waals surface area contributed by atoms with E-state index in [4.69, 9.17) is 4.74 Å². The lowest BCUT2D eigenvalue weighted by Crippen LogP contribution is -2.64. The summed E-state index contributed by atoms with van der Waals surface area (Å²) >= 11 is 0. The second kappa shape index (κ2) is 7.09. The summed E-state index contributed by atoms with van der Waals surface area (Å²) in [5.41, 5.74) is 0.742. The molecule has 0 N–H and O–H groups in total. The molecule has 1 fully saturated rings. The number of rotatable bonds is 5. The fraction of sp³-hybridized carbons (Fsp3) is 0.647. The Labute approximate surface area is 157 Å². The number of guanidine groups is 1. The van der Waals surface area contributed by atoms with Crippen molar-refractivity contribution in [3.8, 4) is 0 Å². The van der Waals surface area contributed by atoms with Crippen LogP contribution in [0.2, 0.25) is 0 Å². The van der Waals surface area contributed by atoms with Gasteiger partial charge in [0.2, 0.25) is 11.9 Å². The van der Waals surface area contributed by atoms with Crippen molar-refractivity contribution in [1.82, 2.24) is 14.8 Å². The predicted octanol–water partition coefficient (Wildman–Crippen LogP) is 0.0827. The number of amidine groups is 1. The molecule has 3 heterocycles. The van der Waals surface area contributed by atoms with Crippen LogP contribution >= 0.6 is 0 Å². The molecule has 2 unspecified atom stereocenters. The molecule has 3 rings (SSSR count). The molecule has 1 saturated heterocycles. The van der Waals surface area contributed by atoms with Gasteiger partial charge in [0.05, 0.1) is 12.8 Å². The maximum Gasteiger partial charge on any atom is 0.417 e. The summed E-state index contributed by atoms with van der Waals surface area (Å²) in [6, 6.07) is -1.28. The summed E-state index contributed by atoms with van der Waals surface area (Å²) in [5, 5.41) is 5.85. The first-order valence-electron chi connectivity index (χ1n) is 9.04. The number of hydrogen-bond donors (Lipinski definition) is 0. The third kappa shape index (κ3) is 2.98. The van der Waals surface area contributed by atoms with Crippen molar-refractivity contribution < 1.29 is 23.7 Å². The number of nitrogens with zero attached hydrogens (tertiary/aromatic N) is 6. The van der Waals surface area contributed by atoms with E-state index in [1.807, 2.05) is 25.3 Å². The number of methoxy groups -OCH3 is 1. The fourth-order valence-electron chi connectivity index (χ4n) is 3.39. The molecule has 0 radical (unpaired) electrons. The second-order valence-electron chi connectivity index (χ2n) is 6.82. The number of esters is 1. The number of urea groups is 1. The number of hydrazone groups is 1. The molecule has 146 valence electrons. The summed E-state index contributed by atoms with van der Waals surface area (Å²) in [7, 11) is 2.91. The fourth-order valence-corrected chi connectivity index (χ4v) is 3.39. The highest BCUT2D eigenvalue weighted by atomic mass is 16.5. The molecule has 3 amide bonds. The minimum absolute atomic E-state index is 0.124. The van der Waals surface area contributed by atoms with Crippen LogP contribution in [0.25, 0.3) is 0 Å². The van der Waals surface area contributed by atoms with Crippen LogP contribution in [0.5, 0.6) is 0 Å². The number of ether oxygens (including phenoxy) is 1. The predicted molar refractivity (Wildman–Crippen MR) is 97.6 cm³/mol. The SMILES string of the molecule is CCCCN1C(=O)C2C(=NC3=[N+]2C(C)C(C)=NN3CC(=O)OC)N(C)C1=O. The van der Waals surface area contributed by atoms with Crippen molar-refractivity contribution in [1.29, 1.82) is 0 Å². The Kier molecular flexibility index (Phi) is 4.99. The van der Waals surface area contributed by atoms with Crippen molar-refractivity contribution in [2.24, 2.45) is 10.1 Å². The van der Waals surface area contributed by atoms with E-state index in [1.54, 1.807) is 7.05 Å². The summed E-state index contributed by atoms with van der Waals surface area (Å²) in [4.78, 5) is 44.8. The number of fused-ring (bicyclic) bond motifs is 2. The first-order valence-corrected chi connectivity index (χ1v) is 9.04. The Morgan fingerprint density at radius 1 is 1.33 bits per heavy atom. The third-order valence-electron chi connectivity index (χ3n) is 5.10. The first kappa shape index (κ1) is 19.0. The summed E-state index contributed by atoms with van der Waals surface area (Å²) < 4.78 is 6.56. The quantitative estimate of drug-likeness (QED) is 0.499. The standard InChI is InChI=1S/C17H25N6O4/c1-6-7-8-21-15(25)13-14(20(4)17(21)26)18-16-22(9-12(24)27-5)19-10(2)11(3)23(13)16/h11,13H,6-9H2,1-5H3/q+1. The lowest BCUT2D eigenvalue weighted by atomic mass is 10.1. The number of hydrogen-bond acceptors (Lipinski definition) is 7. The number of unbranched alkanes of at least 4 members (excludes halogenated alkanes) is 1. The van der Waals surface area contributed by atoms with Gasteiger partial charge in [-0.1, -0.05) is 18.3 Å². The molecule has 10 heteroatoms. The van der Waals surface area contributed by atoms with Crippen LogP contribution in [-0.2, 0) is 14.3 Å². The monoisotopic (exact) mass is 377 g/mol. The topological polar surface area (TPSA) is 97.9 Å².